The van der Waals surface area contributed by atoms with Crippen molar-refractivity contribution in [2.75, 3.05) is 17.6 Å². The SMILES string of the molecule is Cn1cnc2cc(NCCS)ccc21. The first-order valence-corrected chi connectivity index (χ1v) is 5.20. The van der Waals surface area contributed by atoms with Crippen molar-refractivity contribution in [3.63, 3.8) is 0 Å². The quantitative estimate of drug-likeness (QED) is 0.753. The number of nitrogens with zero attached hydrogens (tertiary/aromatic N) is 2. The van der Waals surface area contributed by atoms with Crippen LogP contribution in [0.1, 0.15) is 0 Å². The number of rotatable bonds is 3. The minimum Gasteiger partial charge on any atom is -0.384 e. The Hall–Kier alpha value is -1.16. The minimum absolute atomic E-state index is 0.834. The maximum Gasteiger partial charge on any atom is 0.0955 e. The number of fused-ring (bicyclic) bond motifs is 1. The van der Waals surface area contributed by atoms with E-state index in [-0.39, 0.29) is 0 Å². The second-order valence-corrected chi connectivity index (χ2v) is 3.66. The molecule has 0 aliphatic heterocycles. The molecule has 0 bridgehead atoms. The van der Waals surface area contributed by atoms with E-state index >= 15 is 0 Å². The third-order valence-corrected chi connectivity index (χ3v) is 2.39. The minimum atomic E-state index is 0.834. The van der Waals surface area contributed by atoms with Crippen LogP contribution < -0.4 is 5.32 Å². The molecule has 1 aromatic heterocycles. The first kappa shape index (κ1) is 9.40. The zero-order valence-electron chi connectivity index (χ0n) is 8.07. The van der Waals surface area contributed by atoms with E-state index in [1.807, 2.05) is 17.9 Å². The summed E-state index contributed by atoms with van der Waals surface area (Å²) in [6.07, 6.45) is 1.83. The lowest BCUT2D eigenvalue weighted by molar-refractivity contribution is 0.948. The van der Waals surface area contributed by atoms with Gasteiger partial charge < -0.3 is 9.88 Å². The van der Waals surface area contributed by atoms with Crippen LogP contribution in [0.25, 0.3) is 11.0 Å². The Morgan fingerprint density at radius 1 is 1.50 bits per heavy atom. The van der Waals surface area contributed by atoms with Gasteiger partial charge in [0, 0.05) is 25.0 Å². The maximum absolute atomic E-state index is 4.29. The van der Waals surface area contributed by atoms with Crippen LogP contribution in [-0.2, 0) is 7.05 Å². The highest BCUT2D eigenvalue weighted by atomic mass is 32.1. The molecule has 74 valence electrons. The zero-order chi connectivity index (χ0) is 9.97. The van der Waals surface area contributed by atoms with Gasteiger partial charge in [-0.25, -0.2) is 4.98 Å². The van der Waals surface area contributed by atoms with Gasteiger partial charge >= 0.3 is 0 Å². The molecule has 0 radical (unpaired) electrons. The molecule has 0 aliphatic rings. The first-order valence-electron chi connectivity index (χ1n) is 4.57. The molecule has 0 unspecified atom stereocenters. The topological polar surface area (TPSA) is 29.9 Å². The van der Waals surface area contributed by atoms with Gasteiger partial charge in [0.1, 0.15) is 0 Å². The van der Waals surface area contributed by atoms with Gasteiger partial charge in [-0.1, -0.05) is 0 Å². The van der Waals surface area contributed by atoms with Crippen LogP contribution in [0.3, 0.4) is 0 Å². The Labute approximate surface area is 88.6 Å². The lowest BCUT2D eigenvalue weighted by atomic mass is 10.2. The number of hydrogen-bond acceptors (Lipinski definition) is 3. The number of nitrogens with one attached hydrogen (secondary N) is 1. The highest BCUT2D eigenvalue weighted by Gasteiger charge is 1.99. The summed E-state index contributed by atoms with van der Waals surface area (Å²) < 4.78 is 2.01. The molecule has 2 rings (SSSR count). The number of aromatic nitrogens is 2. The van der Waals surface area contributed by atoms with Gasteiger partial charge in [0.05, 0.1) is 17.4 Å². The van der Waals surface area contributed by atoms with Gasteiger partial charge in [-0.05, 0) is 18.2 Å². The zero-order valence-corrected chi connectivity index (χ0v) is 8.96. The highest BCUT2D eigenvalue weighted by Crippen LogP contribution is 2.16. The van der Waals surface area contributed by atoms with E-state index < -0.39 is 0 Å². The van der Waals surface area contributed by atoms with Gasteiger partial charge in [0.15, 0.2) is 0 Å². The standard InChI is InChI=1S/C10H13N3S/c1-13-7-12-9-6-8(11-4-5-14)2-3-10(9)13/h2-3,6-7,11,14H,4-5H2,1H3. The molecule has 2 aromatic rings. The smallest absolute Gasteiger partial charge is 0.0955 e. The van der Waals surface area contributed by atoms with Crippen LogP contribution in [0.2, 0.25) is 0 Å². The van der Waals surface area contributed by atoms with Crippen LogP contribution in [0.15, 0.2) is 24.5 Å². The van der Waals surface area contributed by atoms with Crippen LogP contribution in [0, 0.1) is 0 Å². The third kappa shape index (κ3) is 1.70. The van der Waals surface area contributed by atoms with Gasteiger partial charge in [0.2, 0.25) is 0 Å². The van der Waals surface area contributed by atoms with Crippen molar-refractivity contribution in [1.29, 1.82) is 0 Å². The van der Waals surface area contributed by atoms with E-state index in [2.05, 4.69) is 41.1 Å². The van der Waals surface area contributed by atoms with E-state index in [0.29, 0.717) is 0 Å². The molecule has 1 aromatic carbocycles. The molecule has 3 nitrogen and oxygen atoms in total. The molecule has 0 saturated carbocycles. The normalized spacial score (nSPS) is 10.7. The predicted molar refractivity (Wildman–Crippen MR) is 63.1 cm³/mol. The number of aryl methyl sites for hydroxylation is 1. The summed E-state index contributed by atoms with van der Waals surface area (Å²) >= 11 is 4.15. The molecule has 1 N–H and O–H groups in total. The van der Waals surface area contributed by atoms with E-state index in [4.69, 9.17) is 0 Å². The molecule has 0 aliphatic carbocycles. The van der Waals surface area contributed by atoms with Gasteiger partial charge in [-0.15, -0.1) is 0 Å². The van der Waals surface area contributed by atoms with E-state index in [1.165, 1.54) is 0 Å². The van der Waals surface area contributed by atoms with E-state index in [9.17, 15) is 0 Å². The van der Waals surface area contributed by atoms with Crippen LogP contribution >= 0.6 is 12.6 Å². The molecule has 0 fully saturated rings. The Balaban J connectivity index is 2.32. The van der Waals surface area contributed by atoms with Crippen molar-refractivity contribution in [2.24, 2.45) is 7.05 Å². The average Bonchev–Trinajstić information content (AvgIpc) is 2.57. The fourth-order valence-electron chi connectivity index (χ4n) is 1.45. The molecular weight excluding hydrogens is 194 g/mol. The number of anilines is 1. The molecule has 0 atom stereocenters. The maximum atomic E-state index is 4.29. The van der Waals surface area contributed by atoms with Gasteiger partial charge in [0.25, 0.3) is 0 Å². The van der Waals surface area contributed by atoms with Crippen molar-refractivity contribution < 1.29 is 0 Å². The first-order chi connectivity index (χ1) is 6.81. The van der Waals surface area contributed by atoms with Crippen molar-refractivity contribution in [2.45, 2.75) is 0 Å². The fourth-order valence-corrected chi connectivity index (χ4v) is 1.56. The van der Waals surface area contributed by atoms with E-state index in [0.717, 1.165) is 29.0 Å². The Bertz CT molecular complexity index is 436. The Kier molecular flexibility index (Phi) is 2.63. The summed E-state index contributed by atoms with van der Waals surface area (Å²) in [5.41, 5.74) is 3.28. The van der Waals surface area contributed by atoms with Crippen LogP contribution in [-0.4, -0.2) is 21.8 Å². The number of hydrogen-bond donors (Lipinski definition) is 2. The summed E-state index contributed by atoms with van der Waals surface area (Å²) in [5, 5.41) is 3.27. The predicted octanol–water partition coefficient (Wildman–Crippen LogP) is 1.91. The molecular formula is C10H13N3S. The van der Waals surface area contributed by atoms with Gasteiger partial charge in [-0.2, -0.15) is 12.6 Å². The van der Waals surface area contributed by atoms with Crippen molar-refractivity contribution in [3.05, 3.63) is 24.5 Å². The highest BCUT2D eigenvalue weighted by molar-refractivity contribution is 7.80. The number of thiol groups is 1. The summed E-state index contributed by atoms with van der Waals surface area (Å²) in [6.45, 7) is 0.876. The average molecular weight is 207 g/mol. The second kappa shape index (κ2) is 3.92. The second-order valence-electron chi connectivity index (χ2n) is 3.21. The fraction of sp³-hybridized carbons (Fsp3) is 0.300. The Morgan fingerprint density at radius 3 is 3.14 bits per heavy atom. The summed E-state index contributed by atoms with van der Waals surface area (Å²) in [5.74, 6) is 0.834. The van der Waals surface area contributed by atoms with Gasteiger partial charge in [-0.3, -0.25) is 0 Å². The van der Waals surface area contributed by atoms with Crippen molar-refractivity contribution in [1.82, 2.24) is 9.55 Å². The summed E-state index contributed by atoms with van der Waals surface area (Å²) in [6, 6.07) is 6.19. The van der Waals surface area contributed by atoms with Crippen molar-refractivity contribution in [3.8, 4) is 0 Å². The molecule has 0 spiro atoms. The summed E-state index contributed by atoms with van der Waals surface area (Å²) in [7, 11) is 2.00. The largest absolute Gasteiger partial charge is 0.384 e. The summed E-state index contributed by atoms with van der Waals surface area (Å²) in [4.78, 5) is 4.29. The molecule has 14 heavy (non-hydrogen) atoms. The monoisotopic (exact) mass is 207 g/mol. The molecule has 0 saturated heterocycles. The lowest BCUT2D eigenvalue weighted by Gasteiger charge is -2.03. The van der Waals surface area contributed by atoms with Crippen LogP contribution in [0.5, 0.6) is 0 Å². The lowest BCUT2D eigenvalue weighted by Crippen LogP contribution is -2.01. The van der Waals surface area contributed by atoms with E-state index in [1.54, 1.807) is 0 Å². The third-order valence-electron chi connectivity index (χ3n) is 2.17. The molecule has 0 amide bonds. The van der Waals surface area contributed by atoms with Crippen molar-refractivity contribution >= 4 is 29.3 Å². The number of benzene rings is 1. The molecule has 1 heterocycles. The van der Waals surface area contributed by atoms with Crippen LogP contribution in [0.4, 0.5) is 5.69 Å². The number of imidazole rings is 1. The molecule has 4 heteroatoms. The Morgan fingerprint density at radius 2 is 2.36 bits per heavy atom.